The number of benzene rings is 1. The van der Waals surface area contributed by atoms with Crippen LogP contribution in [0, 0.1) is 11.8 Å². The van der Waals surface area contributed by atoms with Gasteiger partial charge in [0.1, 0.15) is 0 Å². The van der Waals surface area contributed by atoms with Gasteiger partial charge in [-0.3, -0.25) is 4.79 Å². The molecule has 3 nitrogen and oxygen atoms in total. The number of rotatable bonds is 6. The van der Waals surface area contributed by atoms with Crippen molar-refractivity contribution in [1.29, 1.82) is 0 Å². The smallest absolute Gasteiger partial charge is 0.227 e. The van der Waals surface area contributed by atoms with Gasteiger partial charge in [-0.15, -0.1) is 0 Å². The van der Waals surface area contributed by atoms with E-state index in [0.29, 0.717) is 12.0 Å². The van der Waals surface area contributed by atoms with E-state index in [9.17, 15) is 4.79 Å². The molecule has 1 aromatic rings. The van der Waals surface area contributed by atoms with Crippen LogP contribution in [0.2, 0.25) is 0 Å². The molecule has 0 heterocycles. The number of nitrogens with one attached hydrogen (secondary N) is 2. The molecule has 0 bridgehead atoms. The lowest BCUT2D eigenvalue weighted by Crippen LogP contribution is -2.24. The van der Waals surface area contributed by atoms with Crippen LogP contribution in [0.5, 0.6) is 0 Å². The second kappa shape index (κ2) is 7.29. The molecule has 0 aliphatic rings. The Balaban J connectivity index is 2.55. The maximum atomic E-state index is 11.9. The lowest BCUT2D eigenvalue weighted by molar-refractivity contribution is -0.120. The topological polar surface area (TPSA) is 41.1 Å². The zero-order valence-corrected chi connectivity index (χ0v) is 12.7. The lowest BCUT2D eigenvalue weighted by Gasteiger charge is -2.15. The Bertz CT molecular complexity index is 396. The van der Waals surface area contributed by atoms with Gasteiger partial charge in [-0.2, -0.15) is 0 Å². The van der Waals surface area contributed by atoms with Crippen LogP contribution in [-0.4, -0.2) is 11.9 Å². The number of carbonyl (C=O) groups excluding carboxylic acids is 1. The van der Waals surface area contributed by atoms with Gasteiger partial charge in [-0.05, 0) is 23.6 Å². The molecule has 0 aliphatic carbocycles. The van der Waals surface area contributed by atoms with E-state index in [1.165, 1.54) is 5.56 Å². The third-order valence-corrected chi connectivity index (χ3v) is 3.35. The minimum Gasteiger partial charge on any atom is -0.326 e. The van der Waals surface area contributed by atoms with Crippen LogP contribution >= 0.6 is 0 Å². The van der Waals surface area contributed by atoms with Crippen molar-refractivity contribution in [2.24, 2.45) is 11.8 Å². The molecule has 1 atom stereocenters. The highest BCUT2D eigenvalue weighted by Crippen LogP contribution is 2.15. The molecule has 0 saturated heterocycles. The first-order chi connectivity index (χ1) is 8.90. The minimum atomic E-state index is 0.0299. The Kier molecular flexibility index (Phi) is 6.03. The SMILES string of the molecule is CC(C)NCc1ccc(NC(=O)C(C)C(C)C)cc1. The van der Waals surface area contributed by atoms with Crippen LogP contribution in [-0.2, 0) is 11.3 Å². The summed E-state index contributed by atoms with van der Waals surface area (Å²) in [5.41, 5.74) is 2.09. The van der Waals surface area contributed by atoms with Crippen molar-refractivity contribution in [3.05, 3.63) is 29.8 Å². The highest BCUT2D eigenvalue weighted by molar-refractivity contribution is 5.92. The molecular formula is C16H26N2O. The molecule has 0 radical (unpaired) electrons. The van der Waals surface area contributed by atoms with E-state index < -0.39 is 0 Å². The van der Waals surface area contributed by atoms with Crippen LogP contribution < -0.4 is 10.6 Å². The van der Waals surface area contributed by atoms with Crippen LogP contribution in [0.4, 0.5) is 5.69 Å². The predicted molar refractivity (Wildman–Crippen MR) is 81.0 cm³/mol. The molecule has 19 heavy (non-hydrogen) atoms. The zero-order chi connectivity index (χ0) is 14.4. The van der Waals surface area contributed by atoms with Crippen LogP contribution in [0.1, 0.15) is 40.2 Å². The van der Waals surface area contributed by atoms with Gasteiger partial charge in [0.2, 0.25) is 5.91 Å². The van der Waals surface area contributed by atoms with Gasteiger partial charge in [-0.1, -0.05) is 46.8 Å². The third kappa shape index (κ3) is 5.43. The number of hydrogen-bond acceptors (Lipinski definition) is 2. The summed E-state index contributed by atoms with van der Waals surface area (Å²) >= 11 is 0. The Labute approximate surface area is 116 Å². The van der Waals surface area contributed by atoms with E-state index in [-0.39, 0.29) is 11.8 Å². The van der Waals surface area contributed by atoms with Crippen molar-refractivity contribution in [2.45, 2.75) is 47.2 Å². The zero-order valence-electron chi connectivity index (χ0n) is 12.7. The van der Waals surface area contributed by atoms with Crippen molar-refractivity contribution in [2.75, 3.05) is 5.32 Å². The standard InChI is InChI=1S/C16H26N2O/c1-11(2)13(5)16(19)18-15-8-6-14(7-9-15)10-17-12(3)4/h6-9,11-13,17H,10H2,1-5H3,(H,18,19). The average Bonchev–Trinajstić information content (AvgIpc) is 2.36. The number of amides is 1. The van der Waals surface area contributed by atoms with Crippen molar-refractivity contribution in [3.8, 4) is 0 Å². The molecule has 0 fully saturated rings. The molecule has 1 amide bonds. The van der Waals surface area contributed by atoms with E-state index in [1.807, 2.05) is 31.2 Å². The summed E-state index contributed by atoms with van der Waals surface area (Å²) in [6, 6.07) is 8.49. The van der Waals surface area contributed by atoms with Crippen LogP contribution in [0.15, 0.2) is 24.3 Å². The van der Waals surface area contributed by atoms with Crippen molar-refractivity contribution < 1.29 is 4.79 Å². The fraction of sp³-hybridized carbons (Fsp3) is 0.562. The Morgan fingerprint density at radius 1 is 1.05 bits per heavy atom. The van der Waals surface area contributed by atoms with Crippen molar-refractivity contribution >= 4 is 11.6 Å². The number of hydrogen-bond donors (Lipinski definition) is 2. The Morgan fingerprint density at radius 2 is 1.63 bits per heavy atom. The molecule has 0 saturated carbocycles. The molecule has 0 spiro atoms. The summed E-state index contributed by atoms with van der Waals surface area (Å²) in [5, 5.41) is 6.32. The first kappa shape index (κ1) is 15.7. The van der Waals surface area contributed by atoms with Gasteiger partial charge in [0, 0.05) is 24.2 Å². The fourth-order valence-electron chi connectivity index (χ4n) is 1.59. The number of anilines is 1. The fourth-order valence-corrected chi connectivity index (χ4v) is 1.59. The van der Waals surface area contributed by atoms with Gasteiger partial charge in [0.15, 0.2) is 0 Å². The summed E-state index contributed by atoms with van der Waals surface area (Å²) in [7, 11) is 0. The molecule has 0 aliphatic heterocycles. The van der Waals surface area contributed by atoms with E-state index in [1.54, 1.807) is 0 Å². The van der Waals surface area contributed by atoms with Gasteiger partial charge in [0.25, 0.3) is 0 Å². The van der Waals surface area contributed by atoms with Crippen LogP contribution in [0.25, 0.3) is 0 Å². The molecule has 2 N–H and O–H groups in total. The summed E-state index contributed by atoms with van der Waals surface area (Å²) in [6.45, 7) is 11.2. The molecular weight excluding hydrogens is 236 g/mol. The van der Waals surface area contributed by atoms with Crippen molar-refractivity contribution in [1.82, 2.24) is 5.32 Å². The molecule has 1 aromatic carbocycles. The maximum Gasteiger partial charge on any atom is 0.227 e. The molecule has 0 aromatic heterocycles. The van der Waals surface area contributed by atoms with Crippen molar-refractivity contribution in [3.63, 3.8) is 0 Å². The van der Waals surface area contributed by atoms with Gasteiger partial charge >= 0.3 is 0 Å². The first-order valence-electron chi connectivity index (χ1n) is 7.03. The molecule has 3 heteroatoms. The first-order valence-corrected chi connectivity index (χ1v) is 7.03. The summed E-state index contributed by atoms with van der Waals surface area (Å²) in [6.07, 6.45) is 0. The normalized spacial score (nSPS) is 12.8. The molecule has 106 valence electrons. The summed E-state index contributed by atoms with van der Waals surface area (Å²) < 4.78 is 0. The van der Waals surface area contributed by atoms with E-state index in [4.69, 9.17) is 0 Å². The largest absolute Gasteiger partial charge is 0.326 e. The van der Waals surface area contributed by atoms with E-state index in [0.717, 1.165) is 12.2 Å². The van der Waals surface area contributed by atoms with E-state index in [2.05, 4.69) is 38.3 Å². The quantitative estimate of drug-likeness (QED) is 0.825. The predicted octanol–water partition coefficient (Wildman–Crippen LogP) is 3.42. The van der Waals surface area contributed by atoms with Gasteiger partial charge < -0.3 is 10.6 Å². The average molecular weight is 262 g/mol. The second-order valence-electron chi connectivity index (χ2n) is 5.75. The molecule has 1 rings (SSSR count). The maximum absolute atomic E-state index is 11.9. The van der Waals surface area contributed by atoms with Gasteiger partial charge in [-0.25, -0.2) is 0 Å². The highest BCUT2D eigenvalue weighted by Gasteiger charge is 2.16. The summed E-state index contributed by atoms with van der Waals surface area (Å²) in [5.74, 6) is 0.472. The minimum absolute atomic E-state index is 0.0299. The molecule has 1 unspecified atom stereocenters. The van der Waals surface area contributed by atoms with Crippen LogP contribution in [0.3, 0.4) is 0 Å². The summed E-state index contributed by atoms with van der Waals surface area (Å²) in [4.78, 5) is 11.9. The Hall–Kier alpha value is -1.35. The monoisotopic (exact) mass is 262 g/mol. The second-order valence-corrected chi connectivity index (χ2v) is 5.75. The number of carbonyl (C=O) groups is 1. The Morgan fingerprint density at radius 3 is 2.11 bits per heavy atom. The van der Waals surface area contributed by atoms with E-state index >= 15 is 0 Å². The third-order valence-electron chi connectivity index (χ3n) is 3.35. The lowest BCUT2D eigenvalue weighted by atomic mass is 9.97. The highest BCUT2D eigenvalue weighted by atomic mass is 16.1. The van der Waals surface area contributed by atoms with Gasteiger partial charge in [0.05, 0.1) is 0 Å².